The summed E-state index contributed by atoms with van der Waals surface area (Å²) < 4.78 is 0. The summed E-state index contributed by atoms with van der Waals surface area (Å²) in [4.78, 5) is 13.3. The van der Waals surface area contributed by atoms with Gasteiger partial charge in [0.05, 0.1) is 0 Å². The highest BCUT2D eigenvalue weighted by atomic mass is 35.5. The van der Waals surface area contributed by atoms with Crippen molar-refractivity contribution in [1.29, 1.82) is 0 Å². The van der Waals surface area contributed by atoms with Crippen molar-refractivity contribution in [3.05, 3.63) is 65.4 Å². The number of nitrogens with zero attached hydrogens (tertiary/aromatic N) is 3. The maximum absolute atomic E-state index is 6.17. The molecule has 0 saturated heterocycles. The molecule has 1 heterocycles. The van der Waals surface area contributed by atoms with Crippen LogP contribution < -0.4 is 0 Å². The molecule has 2 saturated carbocycles. The smallest absolute Gasteiger partial charge is 0.208 e. The number of aromatic nitrogens is 3. The number of halogens is 1. The Morgan fingerprint density at radius 1 is 0.731 bits per heavy atom. The van der Waals surface area contributed by atoms with Crippen LogP contribution in [0.3, 0.4) is 0 Å². The van der Waals surface area contributed by atoms with Crippen LogP contribution in [0.1, 0.15) is 37.2 Å². The zero-order valence-electron chi connectivity index (χ0n) is 14.5. The van der Waals surface area contributed by atoms with Gasteiger partial charge in [0.15, 0.2) is 11.6 Å². The van der Waals surface area contributed by atoms with Crippen molar-refractivity contribution in [2.24, 2.45) is 11.8 Å². The molecule has 26 heavy (non-hydrogen) atoms. The predicted molar refractivity (Wildman–Crippen MR) is 104 cm³/mol. The summed E-state index contributed by atoms with van der Waals surface area (Å²) in [5.74, 6) is 3.83. The topological polar surface area (TPSA) is 38.7 Å². The molecule has 3 nitrogen and oxygen atoms in total. The second-order valence-corrected chi connectivity index (χ2v) is 7.86. The van der Waals surface area contributed by atoms with E-state index >= 15 is 0 Å². The van der Waals surface area contributed by atoms with Crippen molar-refractivity contribution < 1.29 is 0 Å². The third-order valence-corrected chi connectivity index (χ3v) is 6.14. The summed E-state index contributed by atoms with van der Waals surface area (Å²) in [7, 11) is 0. The molecule has 1 aromatic heterocycles. The minimum absolute atomic E-state index is 0.228. The van der Waals surface area contributed by atoms with E-state index in [4.69, 9.17) is 11.6 Å². The monoisotopic (exact) mass is 361 g/mol. The summed E-state index contributed by atoms with van der Waals surface area (Å²) in [6.45, 7) is 0. The van der Waals surface area contributed by atoms with E-state index in [2.05, 4.69) is 39.2 Å². The van der Waals surface area contributed by atoms with E-state index in [1.165, 1.54) is 31.2 Å². The second-order valence-electron chi connectivity index (χ2n) is 7.52. The van der Waals surface area contributed by atoms with Gasteiger partial charge >= 0.3 is 0 Å². The molecule has 2 fully saturated rings. The van der Waals surface area contributed by atoms with Crippen molar-refractivity contribution in [3.63, 3.8) is 0 Å². The van der Waals surface area contributed by atoms with Gasteiger partial charge in [-0.05, 0) is 54.2 Å². The SMILES string of the molecule is Clc1nc(-c2ccccc2)nc(-c2ccc(C3CC4CCC3C4)cc2)n1. The average Bonchev–Trinajstić information content (AvgIpc) is 3.32. The highest BCUT2D eigenvalue weighted by Gasteiger charge is 2.39. The van der Waals surface area contributed by atoms with Crippen LogP contribution in [0.15, 0.2) is 54.6 Å². The molecule has 2 bridgehead atoms. The van der Waals surface area contributed by atoms with Gasteiger partial charge < -0.3 is 0 Å². The number of fused-ring (bicyclic) bond motifs is 2. The van der Waals surface area contributed by atoms with E-state index in [0.717, 1.165) is 28.9 Å². The van der Waals surface area contributed by atoms with Crippen LogP contribution >= 0.6 is 11.6 Å². The summed E-state index contributed by atoms with van der Waals surface area (Å²) in [6, 6.07) is 18.6. The van der Waals surface area contributed by atoms with Gasteiger partial charge in [0, 0.05) is 11.1 Å². The van der Waals surface area contributed by atoms with Crippen LogP contribution in [0.5, 0.6) is 0 Å². The maximum atomic E-state index is 6.17. The standard InChI is InChI=1S/C22H20ClN3/c23-22-25-20(16-4-2-1-3-5-16)24-21(26-22)17-10-8-15(9-11-17)19-13-14-6-7-18(19)12-14/h1-5,8-11,14,18-19H,6-7,12-13H2. The molecular weight excluding hydrogens is 342 g/mol. The molecule has 2 aliphatic rings. The Balaban J connectivity index is 1.45. The van der Waals surface area contributed by atoms with Crippen LogP contribution in [0.25, 0.3) is 22.8 Å². The fraction of sp³-hybridized carbons (Fsp3) is 0.318. The minimum atomic E-state index is 0.228. The van der Waals surface area contributed by atoms with Crippen LogP contribution in [0.4, 0.5) is 0 Å². The van der Waals surface area contributed by atoms with Gasteiger partial charge in [0.2, 0.25) is 5.28 Å². The van der Waals surface area contributed by atoms with Crippen LogP contribution in [-0.2, 0) is 0 Å². The molecule has 0 amide bonds. The number of benzene rings is 2. The van der Waals surface area contributed by atoms with E-state index < -0.39 is 0 Å². The Morgan fingerprint density at radius 2 is 1.42 bits per heavy atom. The molecule has 5 rings (SSSR count). The van der Waals surface area contributed by atoms with Crippen molar-refractivity contribution in [2.45, 2.75) is 31.6 Å². The molecule has 0 spiro atoms. The van der Waals surface area contributed by atoms with Gasteiger partial charge in [-0.2, -0.15) is 9.97 Å². The lowest BCUT2D eigenvalue weighted by molar-refractivity contribution is 0.420. The molecule has 0 N–H and O–H groups in total. The summed E-state index contributed by atoms with van der Waals surface area (Å²) in [6.07, 6.45) is 5.63. The predicted octanol–water partition coefficient (Wildman–Crippen LogP) is 5.76. The van der Waals surface area contributed by atoms with E-state index in [1.54, 1.807) is 0 Å². The van der Waals surface area contributed by atoms with Crippen molar-refractivity contribution >= 4 is 11.6 Å². The molecule has 3 unspecified atom stereocenters. The fourth-order valence-electron chi connectivity index (χ4n) is 4.73. The lowest BCUT2D eigenvalue weighted by Gasteiger charge is -2.22. The first kappa shape index (κ1) is 16.0. The third-order valence-electron chi connectivity index (χ3n) is 5.98. The molecule has 4 heteroatoms. The molecule has 0 radical (unpaired) electrons. The molecule has 130 valence electrons. The first-order valence-corrected chi connectivity index (χ1v) is 9.71. The molecule has 2 aliphatic carbocycles. The van der Waals surface area contributed by atoms with Gasteiger partial charge in [0.25, 0.3) is 0 Å². The summed E-state index contributed by atoms with van der Waals surface area (Å²) >= 11 is 6.17. The third kappa shape index (κ3) is 2.90. The first-order valence-electron chi connectivity index (χ1n) is 9.33. The maximum Gasteiger partial charge on any atom is 0.226 e. The van der Waals surface area contributed by atoms with E-state index in [-0.39, 0.29) is 5.28 Å². The Labute approximate surface area is 158 Å². The lowest BCUT2D eigenvalue weighted by Crippen LogP contribution is -2.08. The second kappa shape index (κ2) is 6.48. The van der Waals surface area contributed by atoms with Crippen molar-refractivity contribution in [1.82, 2.24) is 15.0 Å². The van der Waals surface area contributed by atoms with Gasteiger partial charge in [-0.1, -0.05) is 61.0 Å². The zero-order chi connectivity index (χ0) is 17.5. The average molecular weight is 362 g/mol. The Bertz CT molecular complexity index is 924. The van der Waals surface area contributed by atoms with Gasteiger partial charge in [-0.15, -0.1) is 0 Å². The molecule has 3 aromatic rings. The highest BCUT2D eigenvalue weighted by Crippen LogP contribution is 2.52. The normalized spacial score (nSPS) is 24.1. The Kier molecular flexibility index (Phi) is 3.97. The first-order chi connectivity index (χ1) is 12.8. The van der Waals surface area contributed by atoms with Gasteiger partial charge in [0.1, 0.15) is 0 Å². The number of hydrogen-bond donors (Lipinski definition) is 0. The van der Waals surface area contributed by atoms with Gasteiger partial charge in [-0.25, -0.2) is 4.98 Å². The zero-order valence-corrected chi connectivity index (χ0v) is 15.2. The Hall–Kier alpha value is -2.26. The highest BCUT2D eigenvalue weighted by molar-refractivity contribution is 6.28. The van der Waals surface area contributed by atoms with Gasteiger partial charge in [-0.3, -0.25) is 0 Å². The van der Waals surface area contributed by atoms with Crippen LogP contribution in [0.2, 0.25) is 5.28 Å². The van der Waals surface area contributed by atoms with E-state index in [0.29, 0.717) is 11.6 Å². The lowest BCUT2D eigenvalue weighted by atomic mass is 9.83. The minimum Gasteiger partial charge on any atom is -0.208 e. The van der Waals surface area contributed by atoms with Crippen molar-refractivity contribution in [3.8, 4) is 22.8 Å². The molecular formula is C22H20ClN3. The fourth-order valence-corrected chi connectivity index (χ4v) is 4.89. The van der Waals surface area contributed by atoms with Crippen LogP contribution in [-0.4, -0.2) is 15.0 Å². The largest absolute Gasteiger partial charge is 0.226 e. The number of hydrogen-bond acceptors (Lipinski definition) is 3. The van der Waals surface area contributed by atoms with E-state index in [1.807, 2.05) is 30.3 Å². The summed E-state index contributed by atoms with van der Waals surface area (Å²) in [5, 5.41) is 0.228. The Morgan fingerprint density at radius 3 is 2.04 bits per heavy atom. The quantitative estimate of drug-likeness (QED) is 0.595. The van der Waals surface area contributed by atoms with Crippen molar-refractivity contribution in [2.75, 3.05) is 0 Å². The molecule has 2 aromatic carbocycles. The summed E-state index contributed by atoms with van der Waals surface area (Å²) in [5.41, 5.74) is 3.39. The molecule has 3 atom stereocenters. The molecule has 0 aliphatic heterocycles. The van der Waals surface area contributed by atoms with E-state index in [9.17, 15) is 0 Å². The number of rotatable bonds is 3. The van der Waals surface area contributed by atoms with Crippen LogP contribution in [0, 0.1) is 11.8 Å².